The van der Waals surface area contributed by atoms with Crippen LogP contribution in [0.3, 0.4) is 0 Å². The third-order valence-electron chi connectivity index (χ3n) is 5.78. The van der Waals surface area contributed by atoms with Crippen LogP contribution in [-0.2, 0) is 16.0 Å². The van der Waals surface area contributed by atoms with E-state index in [0.717, 1.165) is 69.7 Å². The van der Waals surface area contributed by atoms with Crippen LogP contribution in [-0.4, -0.2) is 83.6 Å². The fourth-order valence-electron chi connectivity index (χ4n) is 4.01. The second kappa shape index (κ2) is 10.8. The van der Waals surface area contributed by atoms with Gasteiger partial charge in [-0.3, -0.25) is 14.5 Å². The first-order valence-corrected chi connectivity index (χ1v) is 11.9. The second-order valence-corrected chi connectivity index (χ2v) is 9.06. The molecule has 31 heavy (non-hydrogen) atoms. The molecule has 9 nitrogen and oxygen atoms in total. The van der Waals surface area contributed by atoms with Gasteiger partial charge in [0.15, 0.2) is 0 Å². The highest BCUT2D eigenvalue weighted by molar-refractivity contribution is 7.13. The van der Waals surface area contributed by atoms with E-state index in [1.54, 1.807) is 11.3 Å². The first-order valence-electron chi connectivity index (χ1n) is 11.1. The maximum Gasteiger partial charge on any atom is 0.242 e. The standard InChI is InChI=1S/C21H30N6O3S/c28-18(23-16-5-1-2-8-22-21(16)29)15-27-12-10-26(11-13-27)9-3-7-19-24-20(25-30-19)17-6-4-14-31-17/h4,6,14,16H,1-3,5,7-13,15H2,(H,22,29)(H,23,28). The quantitative estimate of drug-likeness (QED) is 0.627. The smallest absolute Gasteiger partial charge is 0.242 e. The molecule has 4 heterocycles. The van der Waals surface area contributed by atoms with Gasteiger partial charge in [-0.2, -0.15) is 4.98 Å². The summed E-state index contributed by atoms with van der Waals surface area (Å²) in [6, 6.07) is 3.58. The number of hydrogen-bond donors (Lipinski definition) is 2. The molecule has 2 amide bonds. The van der Waals surface area contributed by atoms with Crippen LogP contribution < -0.4 is 10.6 Å². The maximum absolute atomic E-state index is 12.4. The Kier molecular flexibility index (Phi) is 7.66. The Hall–Kier alpha value is -2.30. The molecular formula is C21H30N6O3S. The monoisotopic (exact) mass is 446 g/mol. The largest absolute Gasteiger partial charge is 0.354 e. The zero-order valence-corrected chi connectivity index (χ0v) is 18.5. The molecule has 2 aromatic heterocycles. The molecule has 0 radical (unpaired) electrons. The van der Waals surface area contributed by atoms with Gasteiger partial charge in [-0.05, 0) is 43.7 Å². The van der Waals surface area contributed by atoms with Crippen molar-refractivity contribution in [3.63, 3.8) is 0 Å². The summed E-state index contributed by atoms with van der Waals surface area (Å²) in [4.78, 5) is 34.4. The minimum atomic E-state index is -0.388. The van der Waals surface area contributed by atoms with Gasteiger partial charge in [0.05, 0.1) is 11.4 Å². The SMILES string of the molecule is O=C(CN1CCN(CCCc2nc(-c3cccs3)no2)CC1)NC1CCCCNC1=O. The van der Waals surface area contributed by atoms with Gasteiger partial charge in [-0.15, -0.1) is 11.3 Å². The van der Waals surface area contributed by atoms with Gasteiger partial charge in [0.25, 0.3) is 0 Å². The van der Waals surface area contributed by atoms with Crippen LogP contribution in [0.1, 0.15) is 31.6 Å². The van der Waals surface area contributed by atoms with E-state index < -0.39 is 0 Å². The minimum Gasteiger partial charge on any atom is -0.354 e. The fourth-order valence-corrected chi connectivity index (χ4v) is 4.66. The van der Waals surface area contributed by atoms with Crippen molar-refractivity contribution in [3.8, 4) is 10.7 Å². The molecule has 0 saturated carbocycles. The zero-order chi connectivity index (χ0) is 21.5. The summed E-state index contributed by atoms with van der Waals surface area (Å²) in [5, 5.41) is 11.8. The number of piperazine rings is 1. The molecule has 2 aliphatic rings. The summed E-state index contributed by atoms with van der Waals surface area (Å²) in [5.41, 5.74) is 0. The van der Waals surface area contributed by atoms with Crippen LogP contribution in [0, 0.1) is 0 Å². The highest BCUT2D eigenvalue weighted by atomic mass is 32.1. The van der Waals surface area contributed by atoms with Gasteiger partial charge in [0.2, 0.25) is 23.5 Å². The molecule has 2 aliphatic heterocycles. The van der Waals surface area contributed by atoms with Gasteiger partial charge in [0, 0.05) is 39.1 Å². The maximum atomic E-state index is 12.4. The lowest BCUT2D eigenvalue weighted by Gasteiger charge is -2.34. The molecule has 1 unspecified atom stereocenters. The highest BCUT2D eigenvalue weighted by Gasteiger charge is 2.24. The molecule has 2 fully saturated rings. The van der Waals surface area contributed by atoms with Crippen LogP contribution in [0.2, 0.25) is 0 Å². The van der Waals surface area contributed by atoms with E-state index in [0.29, 0.717) is 24.8 Å². The molecule has 10 heteroatoms. The number of carbonyl (C=O) groups is 2. The molecule has 0 aromatic carbocycles. The van der Waals surface area contributed by atoms with Crippen molar-refractivity contribution in [2.45, 2.75) is 38.1 Å². The number of carbonyl (C=O) groups excluding carboxylic acids is 2. The Bertz CT molecular complexity index is 847. The number of aromatic nitrogens is 2. The number of thiophene rings is 1. The van der Waals surface area contributed by atoms with Crippen molar-refractivity contribution in [1.82, 2.24) is 30.6 Å². The van der Waals surface area contributed by atoms with Crippen LogP contribution in [0.5, 0.6) is 0 Å². The van der Waals surface area contributed by atoms with Gasteiger partial charge in [0.1, 0.15) is 6.04 Å². The van der Waals surface area contributed by atoms with Crippen molar-refractivity contribution in [2.24, 2.45) is 0 Å². The fraction of sp³-hybridized carbons (Fsp3) is 0.619. The van der Waals surface area contributed by atoms with Crippen molar-refractivity contribution in [3.05, 3.63) is 23.4 Å². The molecule has 0 aliphatic carbocycles. The number of nitrogens with one attached hydrogen (secondary N) is 2. The highest BCUT2D eigenvalue weighted by Crippen LogP contribution is 2.21. The molecule has 4 rings (SSSR count). The van der Waals surface area contributed by atoms with E-state index in [4.69, 9.17) is 4.52 Å². The molecule has 0 spiro atoms. The Labute approximate surface area is 186 Å². The second-order valence-electron chi connectivity index (χ2n) is 8.12. The average molecular weight is 447 g/mol. The minimum absolute atomic E-state index is 0.0561. The average Bonchev–Trinajstić information content (AvgIpc) is 3.42. The van der Waals surface area contributed by atoms with E-state index in [1.807, 2.05) is 17.5 Å². The van der Waals surface area contributed by atoms with Gasteiger partial charge in [-0.25, -0.2) is 0 Å². The molecule has 2 aromatic rings. The number of hydrogen-bond acceptors (Lipinski definition) is 8. The molecular weight excluding hydrogens is 416 g/mol. The first-order chi connectivity index (χ1) is 15.2. The van der Waals surface area contributed by atoms with Crippen LogP contribution in [0.4, 0.5) is 0 Å². The number of aryl methyl sites for hydroxylation is 1. The zero-order valence-electron chi connectivity index (χ0n) is 17.7. The lowest BCUT2D eigenvalue weighted by atomic mass is 10.1. The van der Waals surface area contributed by atoms with Crippen molar-refractivity contribution < 1.29 is 14.1 Å². The van der Waals surface area contributed by atoms with Crippen molar-refractivity contribution >= 4 is 23.2 Å². The third kappa shape index (κ3) is 6.34. The normalized spacial score (nSPS) is 20.9. The number of rotatable bonds is 8. The summed E-state index contributed by atoms with van der Waals surface area (Å²) in [7, 11) is 0. The lowest BCUT2D eigenvalue weighted by Crippen LogP contribution is -2.52. The predicted molar refractivity (Wildman–Crippen MR) is 118 cm³/mol. The third-order valence-corrected chi connectivity index (χ3v) is 6.64. The molecule has 1 atom stereocenters. The summed E-state index contributed by atoms with van der Waals surface area (Å²) in [6.45, 7) is 5.60. The summed E-state index contributed by atoms with van der Waals surface area (Å²) in [5.74, 6) is 1.23. The predicted octanol–water partition coefficient (Wildman–Crippen LogP) is 1.13. The Morgan fingerprint density at radius 3 is 2.90 bits per heavy atom. The Morgan fingerprint density at radius 2 is 2.10 bits per heavy atom. The molecule has 2 N–H and O–H groups in total. The number of amides is 2. The number of nitrogens with zero attached hydrogens (tertiary/aromatic N) is 4. The van der Waals surface area contributed by atoms with Gasteiger partial charge < -0.3 is 20.1 Å². The lowest BCUT2D eigenvalue weighted by molar-refractivity contribution is -0.129. The topological polar surface area (TPSA) is 104 Å². The molecule has 2 saturated heterocycles. The van der Waals surface area contributed by atoms with E-state index in [1.165, 1.54) is 0 Å². The van der Waals surface area contributed by atoms with E-state index in [9.17, 15) is 9.59 Å². The van der Waals surface area contributed by atoms with Crippen molar-refractivity contribution in [1.29, 1.82) is 0 Å². The Morgan fingerprint density at radius 1 is 1.26 bits per heavy atom. The van der Waals surface area contributed by atoms with E-state index >= 15 is 0 Å². The van der Waals surface area contributed by atoms with E-state index in [2.05, 4.69) is 30.6 Å². The van der Waals surface area contributed by atoms with E-state index in [-0.39, 0.29) is 17.9 Å². The van der Waals surface area contributed by atoms with Gasteiger partial charge in [-0.1, -0.05) is 11.2 Å². The first kappa shape index (κ1) is 21.9. The van der Waals surface area contributed by atoms with Crippen LogP contribution in [0.25, 0.3) is 10.7 Å². The van der Waals surface area contributed by atoms with Crippen LogP contribution in [0.15, 0.2) is 22.0 Å². The van der Waals surface area contributed by atoms with Crippen molar-refractivity contribution in [2.75, 3.05) is 45.8 Å². The van der Waals surface area contributed by atoms with Gasteiger partial charge >= 0.3 is 0 Å². The Balaban J connectivity index is 1.12. The summed E-state index contributed by atoms with van der Waals surface area (Å²) < 4.78 is 5.36. The molecule has 168 valence electrons. The summed E-state index contributed by atoms with van der Waals surface area (Å²) >= 11 is 1.60. The summed E-state index contributed by atoms with van der Waals surface area (Å²) in [6.07, 6.45) is 4.39. The van der Waals surface area contributed by atoms with Crippen LogP contribution >= 0.6 is 11.3 Å². The molecule has 0 bridgehead atoms.